The molecule has 0 unspecified atom stereocenters. The van der Waals surface area contributed by atoms with Crippen molar-refractivity contribution in [3.05, 3.63) is 42.0 Å². The van der Waals surface area contributed by atoms with Gasteiger partial charge in [-0.25, -0.2) is 0 Å². The number of aromatic hydroxyl groups is 1. The molecule has 2 aromatic rings. The monoisotopic (exact) mass is 352 g/mol. The minimum absolute atomic E-state index is 0.00298. The molecule has 0 bridgehead atoms. The number of hydrogen-bond donors (Lipinski definition) is 1. The van der Waals surface area contributed by atoms with Crippen molar-refractivity contribution in [2.45, 2.75) is 32.2 Å². The van der Waals surface area contributed by atoms with E-state index in [0.717, 1.165) is 30.0 Å². The molecule has 1 aliphatic carbocycles. The Balaban J connectivity index is 1.48. The minimum atomic E-state index is 0.00298. The van der Waals surface area contributed by atoms with Crippen molar-refractivity contribution in [2.75, 3.05) is 19.6 Å². The highest BCUT2D eigenvalue weighted by Gasteiger charge is 2.35. The lowest BCUT2D eigenvalue weighted by Crippen LogP contribution is -2.56. The fourth-order valence-corrected chi connectivity index (χ4v) is 3.90. The van der Waals surface area contributed by atoms with E-state index in [-0.39, 0.29) is 29.5 Å². The summed E-state index contributed by atoms with van der Waals surface area (Å²) in [7, 11) is 0. The Morgan fingerprint density at radius 1 is 1.04 bits per heavy atom. The van der Waals surface area contributed by atoms with Gasteiger partial charge in [0.2, 0.25) is 5.91 Å². The van der Waals surface area contributed by atoms with Gasteiger partial charge in [-0.05, 0) is 54.8 Å². The fraction of sp³-hybridized carbons (Fsp3) is 0.429. The molecule has 0 spiro atoms. The first-order chi connectivity index (χ1) is 12.5. The number of nitrogens with zero attached hydrogens (tertiary/aromatic N) is 2. The summed E-state index contributed by atoms with van der Waals surface area (Å²) in [6, 6.07) is 10.7. The predicted octanol–water partition coefficient (Wildman–Crippen LogP) is 3.02. The second-order valence-electron chi connectivity index (χ2n) is 7.51. The molecule has 1 atom stereocenters. The van der Waals surface area contributed by atoms with E-state index in [1.54, 1.807) is 12.1 Å². The van der Waals surface area contributed by atoms with Gasteiger partial charge in [0.1, 0.15) is 5.75 Å². The Morgan fingerprint density at radius 2 is 1.77 bits per heavy atom. The summed E-state index contributed by atoms with van der Waals surface area (Å²) in [5.74, 6) is 0.697. The lowest BCUT2D eigenvalue weighted by atomic mass is 9.84. The normalized spacial score (nSPS) is 20.9. The number of hydrogen-bond acceptors (Lipinski definition) is 3. The molecule has 0 radical (unpaired) electrons. The van der Waals surface area contributed by atoms with Gasteiger partial charge in [-0.3, -0.25) is 9.59 Å². The van der Waals surface area contributed by atoms with Crippen molar-refractivity contribution in [1.29, 1.82) is 0 Å². The van der Waals surface area contributed by atoms with E-state index < -0.39 is 0 Å². The Morgan fingerprint density at radius 3 is 2.46 bits per heavy atom. The lowest BCUT2D eigenvalue weighted by Gasteiger charge is -2.42. The van der Waals surface area contributed by atoms with Crippen LogP contribution in [0.1, 0.15) is 36.5 Å². The minimum Gasteiger partial charge on any atom is -0.508 e. The van der Waals surface area contributed by atoms with Crippen LogP contribution in [0.4, 0.5) is 0 Å². The molecule has 1 saturated carbocycles. The highest BCUT2D eigenvalue weighted by molar-refractivity contribution is 5.99. The number of benzene rings is 2. The molecule has 4 rings (SSSR count). The average Bonchev–Trinajstić information content (AvgIpc) is 2.59. The first kappa shape index (κ1) is 16.9. The van der Waals surface area contributed by atoms with Gasteiger partial charge in [-0.15, -0.1) is 0 Å². The Bertz CT molecular complexity index is 859. The molecule has 1 saturated heterocycles. The van der Waals surface area contributed by atoms with Crippen LogP contribution in [0, 0.1) is 5.92 Å². The van der Waals surface area contributed by atoms with E-state index in [1.807, 2.05) is 41.0 Å². The number of carbonyl (C=O) groups excluding carboxylic acids is 2. The second-order valence-corrected chi connectivity index (χ2v) is 7.51. The van der Waals surface area contributed by atoms with Crippen LogP contribution in [-0.2, 0) is 4.79 Å². The average molecular weight is 352 g/mol. The standard InChI is InChI=1S/C21H24N2O3/c1-14-13-22(20(25)15-3-2-4-15)9-10-23(14)21(26)18-6-5-17-12-19(24)8-7-16(17)11-18/h5-8,11-12,14-15,24H,2-4,9-10,13H2,1H3/t14-/m0/s1. The van der Waals surface area contributed by atoms with Crippen LogP contribution in [-0.4, -0.2) is 52.4 Å². The number of amides is 2. The third-order valence-corrected chi connectivity index (χ3v) is 5.73. The highest BCUT2D eigenvalue weighted by Crippen LogP contribution is 2.29. The Hall–Kier alpha value is -2.56. The van der Waals surface area contributed by atoms with Crippen molar-refractivity contribution in [3.8, 4) is 5.75 Å². The van der Waals surface area contributed by atoms with Crippen LogP contribution in [0.5, 0.6) is 5.75 Å². The van der Waals surface area contributed by atoms with Crippen LogP contribution in [0.25, 0.3) is 10.8 Å². The summed E-state index contributed by atoms with van der Waals surface area (Å²) in [5.41, 5.74) is 0.647. The largest absolute Gasteiger partial charge is 0.508 e. The summed E-state index contributed by atoms with van der Waals surface area (Å²) in [4.78, 5) is 29.2. The third-order valence-electron chi connectivity index (χ3n) is 5.73. The molecule has 2 amide bonds. The quantitative estimate of drug-likeness (QED) is 0.904. The van der Waals surface area contributed by atoms with Gasteiger partial charge in [-0.2, -0.15) is 0 Å². The molecule has 2 aromatic carbocycles. The van der Waals surface area contributed by atoms with Crippen molar-refractivity contribution >= 4 is 22.6 Å². The number of carbonyl (C=O) groups is 2. The van der Waals surface area contributed by atoms with Gasteiger partial charge >= 0.3 is 0 Å². The van der Waals surface area contributed by atoms with Gasteiger partial charge < -0.3 is 14.9 Å². The summed E-state index contributed by atoms with van der Waals surface area (Å²) in [6.45, 7) is 3.82. The summed E-state index contributed by atoms with van der Waals surface area (Å²) >= 11 is 0. The summed E-state index contributed by atoms with van der Waals surface area (Å²) in [6.07, 6.45) is 3.18. The van der Waals surface area contributed by atoms with Gasteiger partial charge in [0.25, 0.3) is 5.91 Å². The fourth-order valence-electron chi connectivity index (χ4n) is 3.90. The Labute approximate surface area is 153 Å². The molecule has 2 fully saturated rings. The molecular formula is C21H24N2O3. The number of phenolic OH excluding ortho intramolecular Hbond substituents is 1. The molecule has 1 aliphatic heterocycles. The first-order valence-electron chi connectivity index (χ1n) is 9.35. The van der Waals surface area contributed by atoms with E-state index in [0.29, 0.717) is 25.2 Å². The highest BCUT2D eigenvalue weighted by atomic mass is 16.3. The molecule has 136 valence electrons. The van der Waals surface area contributed by atoms with Gasteiger partial charge in [-0.1, -0.05) is 18.6 Å². The SMILES string of the molecule is C[C@H]1CN(C(=O)C2CCC2)CCN1C(=O)c1ccc2cc(O)ccc2c1. The van der Waals surface area contributed by atoms with Crippen LogP contribution in [0.3, 0.4) is 0 Å². The van der Waals surface area contributed by atoms with Crippen LogP contribution >= 0.6 is 0 Å². The Kier molecular flexibility index (Phi) is 4.31. The zero-order valence-corrected chi connectivity index (χ0v) is 15.0. The molecule has 2 aliphatic rings. The van der Waals surface area contributed by atoms with Crippen molar-refractivity contribution in [2.24, 2.45) is 5.92 Å². The number of phenols is 1. The molecule has 1 heterocycles. The summed E-state index contributed by atoms with van der Waals surface area (Å²) < 4.78 is 0. The number of fused-ring (bicyclic) bond motifs is 1. The smallest absolute Gasteiger partial charge is 0.254 e. The molecule has 5 heteroatoms. The second kappa shape index (κ2) is 6.63. The van der Waals surface area contributed by atoms with Crippen LogP contribution < -0.4 is 0 Å². The maximum atomic E-state index is 13.0. The number of rotatable bonds is 2. The maximum Gasteiger partial charge on any atom is 0.254 e. The van der Waals surface area contributed by atoms with Crippen molar-refractivity contribution < 1.29 is 14.7 Å². The summed E-state index contributed by atoms with van der Waals surface area (Å²) in [5, 5.41) is 11.4. The van der Waals surface area contributed by atoms with E-state index in [9.17, 15) is 14.7 Å². The topological polar surface area (TPSA) is 60.9 Å². The molecular weight excluding hydrogens is 328 g/mol. The predicted molar refractivity (Wildman–Crippen MR) is 100 cm³/mol. The van der Waals surface area contributed by atoms with E-state index >= 15 is 0 Å². The third kappa shape index (κ3) is 3.02. The van der Waals surface area contributed by atoms with Crippen LogP contribution in [0.15, 0.2) is 36.4 Å². The van der Waals surface area contributed by atoms with Crippen LogP contribution in [0.2, 0.25) is 0 Å². The molecule has 26 heavy (non-hydrogen) atoms. The van der Waals surface area contributed by atoms with Crippen molar-refractivity contribution in [1.82, 2.24) is 9.80 Å². The van der Waals surface area contributed by atoms with Crippen molar-refractivity contribution in [3.63, 3.8) is 0 Å². The molecule has 5 nitrogen and oxygen atoms in total. The number of piperazine rings is 1. The van der Waals surface area contributed by atoms with E-state index in [1.165, 1.54) is 0 Å². The molecule has 1 N–H and O–H groups in total. The van der Waals surface area contributed by atoms with E-state index in [4.69, 9.17) is 0 Å². The lowest BCUT2D eigenvalue weighted by molar-refractivity contribution is -0.140. The zero-order chi connectivity index (χ0) is 18.3. The van der Waals surface area contributed by atoms with E-state index in [2.05, 4.69) is 0 Å². The van der Waals surface area contributed by atoms with Gasteiger partial charge in [0.15, 0.2) is 0 Å². The first-order valence-corrected chi connectivity index (χ1v) is 9.35. The van der Waals surface area contributed by atoms with Gasteiger partial charge in [0.05, 0.1) is 0 Å². The molecule has 0 aromatic heterocycles. The zero-order valence-electron chi connectivity index (χ0n) is 15.0. The maximum absolute atomic E-state index is 13.0. The van der Waals surface area contributed by atoms with Gasteiger partial charge in [0, 0.05) is 37.2 Å².